The highest BCUT2D eigenvalue weighted by Crippen LogP contribution is 2.31. The number of pyridine rings is 1. The molecule has 0 aliphatic carbocycles. The number of carbonyl (C=O) groups is 1. The minimum absolute atomic E-state index is 0.0474. The van der Waals surface area contributed by atoms with Crippen molar-refractivity contribution in [3.63, 3.8) is 0 Å². The number of methoxy groups -OCH3 is 1. The van der Waals surface area contributed by atoms with Gasteiger partial charge in [-0.3, -0.25) is 0 Å². The third kappa shape index (κ3) is 3.80. The smallest absolute Gasteiger partial charge is 0.322 e. The number of fused-ring (bicyclic) bond motifs is 1. The van der Waals surface area contributed by atoms with Gasteiger partial charge >= 0.3 is 6.03 Å². The third-order valence-corrected chi connectivity index (χ3v) is 4.79. The maximum Gasteiger partial charge on any atom is 0.322 e. The van der Waals surface area contributed by atoms with Gasteiger partial charge in [0.15, 0.2) is 0 Å². The highest BCUT2D eigenvalue weighted by atomic mass is 35.5. The van der Waals surface area contributed by atoms with Crippen LogP contribution in [0.15, 0.2) is 48.7 Å². The number of rotatable bonds is 4. The quantitative estimate of drug-likeness (QED) is 0.664. The van der Waals surface area contributed by atoms with Crippen LogP contribution in [0.4, 0.5) is 14.9 Å². The van der Waals surface area contributed by atoms with Crippen molar-refractivity contribution in [2.75, 3.05) is 19.5 Å². The Labute approximate surface area is 161 Å². The Morgan fingerprint density at radius 3 is 2.63 bits per heavy atom. The molecule has 0 aliphatic heterocycles. The molecule has 0 radical (unpaired) electrons. The lowest BCUT2D eigenvalue weighted by Crippen LogP contribution is -2.33. The van der Waals surface area contributed by atoms with Crippen molar-refractivity contribution in [3.8, 4) is 5.88 Å². The predicted octanol–water partition coefficient (Wildman–Crippen LogP) is 5.26. The van der Waals surface area contributed by atoms with E-state index in [0.29, 0.717) is 11.6 Å². The van der Waals surface area contributed by atoms with Gasteiger partial charge in [-0.25, -0.2) is 14.2 Å². The molecule has 140 valence electrons. The second kappa shape index (κ2) is 7.80. The van der Waals surface area contributed by atoms with Crippen LogP contribution >= 0.6 is 11.6 Å². The number of anilines is 1. The average molecular weight is 388 g/mol. The molecule has 0 bridgehead atoms. The standard InChI is InChI=1S/C20H19ClFN3O2/c1-12(16-11-23-19(27-3)15-7-5-4-6-14(15)16)25(2)20(26)24-13-8-9-18(22)17(21)10-13/h4-12H,1-3H3,(H,24,26). The fourth-order valence-corrected chi connectivity index (χ4v) is 3.03. The summed E-state index contributed by atoms with van der Waals surface area (Å²) in [4.78, 5) is 18.5. The first-order chi connectivity index (χ1) is 12.9. The highest BCUT2D eigenvalue weighted by Gasteiger charge is 2.21. The molecule has 3 aromatic rings. The summed E-state index contributed by atoms with van der Waals surface area (Å²) in [6, 6.07) is 11.2. The second-order valence-electron chi connectivity index (χ2n) is 6.11. The number of halogens is 2. The molecule has 0 spiro atoms. The van der Waals surface area contributed by atoms with Gasteiger partial charge in [-0.15, -0.1) is 0 Å². The van der Waals surface area contributed by atoms with E-state index in [2.05, 4.69) is 10.3 Å². The molecule has 7 heteroatoms. The van der Waals surface area contributed by atoms with Crippen molar-refractivity contribution in [2.24, 2.45) is 0 Å². The number of hydrogen-bond donors (Lipinski definition) is 1. The summed E-state index contributed by atoms with van der Waals surface area (Å²) in [5.74, 6) is 0.00164. The van der Waals surface area contributed by atoms with Crippen LogP contribution in [0.25, 0.3) is 10.8 Å². The predicted molar refractivity (Wildman–Crippen MR) is 105 cm³/mol. The molecular formula is C20H19ClFN3O2. The molecule has 0 saturated heterocycles. The lowest BCUT2D eigenvalue weighted by molar-refractivity contribution is 0.208. The van der Waals surface area contributed by atoms with Gasteiger partial charge in [0.25, 0.3) is 0 Å². The molecule has 0 saturated carbocycles. The van der Waals surface area contributed by atoms with Crippen LogP contribution in [0.2, 0.25) is 5.02 Å². The van der Waals surface area contributed by atoms with Gasteiger partial charge in [0.05, 0.1) is 18.2 Å². The zero-order valence-electron chi connectivity index (χ0n) is 15.2. The van der Waals surface area contributed by atoms with Crippen LogP contribution in [-0.4, -0.2) is 30.1 Å². The summed E-state index contributed by atoms with van der Waals surface area (Å²) >= 11 is 5.77. The molecule has 1 atom stereocenters. The van der Waals surface area contributed by atoms with E-state index in [1.165, 1.54) is 18.2 Å². The Balaban J connectivity index is 1.86. The van der Waals surface area contributed by atoms with Crippen molar-refractivity contribution < 1.29 is 13.9 Å². The lowest BCUT2D eigenvalue weighted by atomic mass is 10.0. The lowest BCUT2D eigenvalue weighted by Gasteiger charge is -2.26. The summed E-state index contributed by atoms with van der Waals surface area (Å²) in [7, 11) is 3.26. The Morgan fingerprint density at radius 2 is 1.96 bits per heavy atom. The Morgan fingerprint density at radius 1 is 1.26 bits per heavy atom. The van der Waals surface area contributed by atoms with E-state index in [9.17, 15) is 9.18 Å². The van der Waals surface area contributed by atoms with Crippen molar-refractivity contribution in [3.05, 3.63) is 65.1 Å². The molecular weight excluding hydrogens is 369 g/mol. The minimum atomic E-state index is -0.535. The maximum absolute atomic E-state index is 13.3. The van der Waals surface area contributed by atoms with Crippen LogP contribution in [0.1, 0.15) is 18.5 Å². The number of carbonyl (C=O) groups excluding carboxylic acids is 1. The van der Waals surface area contributed by atoms with Gasteiger partial charge in [-0.05, 0) is 36.6 Å². The zero-order chi connectivity index (χ0) is 19.6. The van der Waals surface area contributed by atoms with Crippen LogP contribution < -0.4 is 10.1 Å². The molecule has 0 aliphatic rings. The summed E-state index contributed by atoms with van der Waals surface area (Å²) in [5, 5.41) is 4.51. The van der Waals surface area contributed by atoms with Gasteiger partial charge in [-0.1, -0.05) is 29.8 Å². The minimum Gasteiger partial charge on any atom is -0.481 e. The van der Waals surface area contributed by atoms with Gasteiger partial charge in [0, 0.05) is 29.9 Å². The number of ether oxygens (including phenoxy) is 1. The Hall–Kier alpha value is -2.86. The zero-order valence-corrected chi connectivity index (χ0v) is 15.9. The highest BCUT2D eigenvalue weighted by molar-refractivity contribution is 6.31. The number of urea groups is 1. The van der Waals surface area contributed by atoms with Crippen LogP contribution in [0, 0.1) is 5.82 Å². The second-order valence-corrected chi connectivity index (χ2v) is 6.52. The molecule has 5 nitrogen and oxygen atoms in total. The fourth-order valence-electron chi connectivity index (χ4n) is 2.85. The maximum atomic E-state index is 13.3. The van der Waals surface area contributed by atoms with E-state index in [4.69, 9.17) is 16.3 Å². The van der Waals surface area contributed by atoms with E-state index in [-0.39, 0.29) is 17.1 Å². The van der Waals surface area contributed by atoms with E-state index in [1.54, 1.807) is 25.3 Å². The van der Waals surface area contributed by atoms with Gasteiger partial charge in [0.2, 0.25) is 5.88 Å². The van der Waals surface area contributed by atoms with E-state index in [0.717, 1.165) is 16.3 Å². The summed E-state index contributed by atoms with van der Waals surface area (Å²) in [6.07, 6.45) is 1.71. The van der Waals surface area contributed by atoms with E-state index < -0.39 is 5.82 Å². The molecule has 3 rings (SSSR count). The van der Waals surface area contributed by atoms with Crippen LogP contribution in [0.3, 0.4) is 0 Å². The normalized spacial score (nSPS) is 11.9. The third-order valence-electron chi connectivity index (χ3n) is 4.50. The van der Waals surface area contributed by atoms with Crippen LogP contribution in [0.5, 0.6) is 5.88 Å². The SMILES string of the molecule is COc1ncc(C(C)N(C)C(=O)Nc2ccc(F)c(Cl)c2)c2ccccc12. The summed E-state index contributed by atoms with van der Waals surface area (Å²) in [6.45, 7) is 1.91. The molecule has 0 fully saturated rings. The molecule has 1 N–H and O–H groups in total. The monoisotopic (exact) mass is 387 g/mol. The van der Waals surface area contributed by atoms with Crippen LogP contribution in [-0.2, 0) is 0 Å². The van der Waals surface area contributed by atoms with Crippen molar-refractivity contribution in [1.29, 1.82) is 0 Å². The largest absolute Gasteiger partial charge is 0.481 e. The average Bonchev–Trinajstić information content (AvgIpc) is 2.68. The first-order valence-electron chi connectivity index (χ1n) is 8.33. The number of benzene rings is 2. The molecule has 2 aromatic carbocycles. The fraction of sp³-hybridized carbons (Fsp3) is 0.200. The van der Waals surface area contributed by atoms with Crippen molar-refractivity contribution >= 4 is 34.1 Å². The van der Waals surface area contributed by atoms with Gasteiger partial charge in [0.1, 0.15) is 5.82 Å². The molecule has 1 heterocycles. The number of nitrogens with one attached hydrogen (secondary N) is 1. The summed E-state index contributed by atoms with van der Waals surface area (Å²) < 4.78 is 18.6. The summed E-state index contributed by atoms with van der Waals surface area (Å²) in [5.41, 5.74) is 1.31. The van der Waals surface area contributed by atoms with Gasteiger partial charge < -0.3 is 15.0 Å². The first-order valence-corrected chi connectivity index (χ1v) is 8.70. The van der Waals surface area contributed by atoms with Crippen molar-refractivity contribution in [2.45, 2.75) is 13.0 Å². The number of hydrogen-bond acceptors (Lipinski definition) is 3. The molecule has 1 aromatic heterocycles. The van der Waals surface area contributed by atoms with E-state index >= 15 is 0 Å². The topological polar surface area (TPSA) is 54.5 Å². The van der Waals surface area contributed by atoms with Crippen molar-refractivity contribution in [1.82, 2.24) is 9.88 Å². The molecule has 27 heavy (non-hydrogen) atoms. The number of aromatic nitrogens is 1. The van der Waals surface area contributed by atoms with E-state index in [1.807, 2.05) is 31.2 Å². The molecule has 2 amide bonds. The first kappa shape index (κ1) is 18.9. The number of amides is 2. The number of nitrogens with zero attached hydrogens (tertiary/aromatic N) is 2. The Kier molecular flexibility index (Phi) is 5.46. The molecule has 1 unspecified atom stereocenters. The Bertz CT molecular complexity index is 996. The van der Waals surface area contributed by atoms with Gasteiger partial charge in [-0.2, -0.15) is 0 Å².